The first-order valence-electron chi connectivity index (χ1n) is 12.7. The molecule has 0 N–H and O–H groups in total. The summed E-state index contributed by atoms with van der Waals surface area (Å²) in [5, 5.41) is -0.0618. The molecular formula is C31H28F6O. The maximum Gasteiger partial charge on any atom is 0.422 e. The van der Waals surface area contributed by atoms with E-state index in [0.717, 1.165) is 44.1 Å². The molecule has 1 fully saturated rings. The van der Waals surface area contributed by atoms with Crippen LogP contribution < -0.4 is 4.74 Å². The van der Waals surface area contributed by atoms with E-state index in [9.17, 15) is 26.3 Å². The van der Waals surface area contributed by atoms with Gasteiger partial charge in [0, 0.05) is 22.4 Å². The fraction of sp³-hybridized carbons (Fsp3) is 0.355. The van der Waals surface area contributed by atoms with Crippen LogP contribution in [-0.4, -0.2) is 12.8 Å². The number of benzene rings is 3. The topological polar surface area (TPSA) is 9.23 Å². The molecule has 4 rings (SSSR count). The highest BCUT2D eigenvalue weighted by atomic mass is 19.4. The van der Waals surface area contributed by atoms with Crippen molar-refractivity contribution in [3.63, 3.8) is 0 Å². The van der Waals surface area contributed by atoms with Gasteiger partial charge in [-0.15, -0.1) is 0 Å². The Kier molecular flexibility index (Phi) is 8.71. The number of halogens is 6. The number of ether oxygens (including phenoxy) is 1. The van der Waals surface area contributed by atoms with Crippen molar-refractivity contribution < 1.29 is 31.1 Å². The minimum absolute atomic E-state index is 0.0708. The number of hydrogen-bond donors (Lipinski definition) is 0. The molecule has 0 aromatic heterocycles. The average Bonchev–Trinajstić information content (AvgIpc) is 2.87. The summed E-state index contributed by atoms with van der Waals surface area (Å²) in [6.07, 6.45) is 6.26. The second-order valence-corrected chi connectivity index (χ2v) is 9.67. The summed E-state index contributed by atoms with van der Waals surface area (Å²) < 4.78 is 85.6. The molecule has 1 aliphatic rings. The monoisotopic (exact) mass is 530 g/mol. The Balaban J connectivity index is 1.47. The Labute approximate surface area is 218 Å². The summed E-state index contributed by atoms with van der Waals surface area (Å²) in [7, 11) is 0. The second kappa shape index (κ2) is 12.0. The maximum atomic E-state index is 15.0. The summed E-state index contributed by atoms with van der Waals surface area (Å²) >= 11 is 0. The molecule has 3 aromatic carbocycles. The normalized spacial score (nSPS) is 18.0. The van der Waals surface area contributed by atoms with E-state index < -0.39 is 36.0 Å². The van der Waals surface area contributed by atoms with Gasteiger partial charge in [-0.3, -0.25) is 0 Å². The lowest BCUT2D eigenvalue weighted by Gasteiger charge is -2.25. The van der Waals surface area contributed by atoms with Crippen molar-refractivity contribution in [2.24, 2.45) is 11.8 Å². The summed E-state index contributed by atoms with van der Waals surface area (Å²) in [6, 6.07) is 9.55. The molecule has 0 spiro atoms. The summed E-state index contributed by atoms with van der Waals surface area (Å²) in [5.41, 5.74) is 1.14. The first-order chi connectivity index (χ1) is 18.1. The Morgan fingerprint density at radius 1 is 0.947 bits per heavy atom. The minimum Gasteiger partial charge on any atom is -0.478 e. The van der Waals surface area contributed by atoms with Gasteiger partial charge < -0.3 is 4.74 Å². The van der Waals surface area contributed by atoms with Gasteiger partial charge in [0.15, 0.2) is 24.0 Å². The van der Waals surface area contributed by atoms with Crippen LogP contribution in [0.15, 0.2) is 54.6 Å². The van der Waals surface area contributed by atoms with Crippen molar-refractivity contribution in [1.29, 1.82) is 0 Å². The first kappa shape index (κ1) is 27.6. The Hall–Kier alpha value is -3.40. The molecule has 38 heavy (non-hydrogen) atoms. The van der Waals surface area contributed by atoms with Crippen LogP contribution in [-0.2, 0) is 0 Å². The number of alkyl halides is 3. The SMILES string of the molecule is C/C=C/CCC1CCC(C#Cc2ccc(-c3ccc4c(F)c(OCC(F)(F)F)c(F)cc4c3)c(F)c2)CC1. The van der Waals surface area contributed by atoms with E-state index in [1.54, 1.807) is 12.1 Å². The van der Waals surface area contributed by atoms with E-state index in [-0.39, 0.29) is 16.3 Å². The minimum atomic E-state index is -4.74. The van der Waals surface area contributed by atoms with Crippen LogP contribution in [0.2, 0.25) is 0 Å². The van der Waals surface area contributed by atoms with E-state index in [4.69, 9.17) is 0 Å². The molecular weight excluding hydrogens is 502 g/mol. The van der Waals surface area contributed by atoms with Crippen LogP contribution in [0.1, 0.15) is 51.0 Å². The molecule has 1 aliphatic carbocycles. The lowest BCUT2D eigenvalue weighted by molar-refractivity contribution is -0.154. The van der Waals surface area contributed by atoms with Crippen molar-refractivity contribution in [2.75, 3.05) is 6.61 Å². The largest absolute Gasteiger partial charge is 0.478 e. The Morgan fingerprint density at radius 2 is 1.71 bits per heavy atom. The smallest absolute Gasteiger partial charge is 0.422 e. The molecule has 0 saturated heterocycles. The van der Waals surface area contributed by atoms with Gasteiger partial charge in [0.25, 0.3) is 0 Å². The van der Waals surface area contributed by atoms with Gasteiger partial charge in [-0.2, -0.15) is 13.2 Å². The van der Waals surface area contributed by atoms with Crippen LogP contribution in [0.3, 0.4) is 0 Å². The molecule has 200 valence electrons. The molecule has 0 bridgehead atoms. The van der Waals surface area contributed by atoms with E-state index in [1.807, 2.05) is 6.92 Å². The molecule has 0 atom stereocenters. The van der Waals surface area contributed by atoms with Gasteiger partial charge in [-0.05, 0) is 86.6 Å². The molecule has 1 saturated carbocycles. The summed E-state index contributed by atoms with van der Waals surface area (Å²) in [4.78, 5) is 0. The zero-order chi connectivity index (χ0) is 27.3. The van der Waals surface area contributed by atoms with Gasteiger partial charge in [0.1, 0.15) is 5.82 Å². The predicted octanol–water partition coefficient (Wildman–Crippen LogP) is 9.38. The van der Waals surface area contributed by atoms with Gasteiger partial charge >= 0.3 is 6.18 Å². The van der Waals surface area contributed by atoms with Gasteiger partial charge in [-0.25, -0.2) is 13.2 Å². The van der Waals surface area contributed by atoms with Crippen molar-refractivity contribution in [2.45, 2.75) is 51.6 Å². The number of rotatable bonds is 6. The highest BCUT2D eigenvalue weighted by molar-refractivity contribution is 5.89. The highest BCUT2D eigenvalue weighted by Crippen LogP contribution is 2.35. The van der Waals surface area contributed by atoms with Crippen LogP contribution in [0.4, 0.5) is 26.3 Å². The van der Waals surface area contributed by atoms with E-state index in [1.165, 1.54) is 30.7 Å². The fourth-order valence-corrected chi connectivity index (χ4v) is 4.87. The van der Waals surface area contributed by atoms with Crippen molar-refractivity contribution in [3.8, 4) is 28.7 Å². The molecule has 7 heteroatoms. The fourth-order valence-electron chi connectivity index (χ4n) is 4.87. The van der Waals surface area contributed by atoms with Crippen molar-refractivity contribution in [3.05, 3.63) is 77.6 Å². The summed E-state index contributed by atoms with van der Waals surface area (Å²) in [5.74, 6) is 3.25. The molecule has 1 nitrogen and oxygen atoms in total. The number of hydrogen-bond acceptors (Lipinski definition) is 1. The number of allylic oxidation sites excluding steroid dienone is 2. The van der Waals surface area contributed by atoms with Crippen molar-refractivity contribution in [1.82, 2.24) is 0 Å². The van der Waals surface area contributed by atoms with E-state index >= 15 is 0 Å². The molecule has 0 amide bonds. The Bertz CT molecular complexity index is 1370. The predicted molar refractivity (Wildman–Crippen MR) is 137 cm³/mol. The number of fused-ring (bicyclic) bond motifs is 1. The van der Waals surface area contributed by atoms with Gasteiger partial charge in [-0.1, -0.05) is 42.2 Å². The Morgan fingerprint density at radius 3 is 2.39 bits per heavy atom. The van der Waals surface area contributed by atoms with Crippen molar-refractivity contribution >= 4 is 10.8 Å². The van der Waals surface area contributed by atoms with Crippen LogP contribution in [0, 0.1) is 41.1 Å². The molecule has 3 aromatic rings. The molecule has 0 aliphatic heterocycles. The third-order valence-corrected chi connectivity index (χ3v) is 6.89. The zero-order valence-corrected chi connectivity index (χ0v) is 21.0. The van der Waals surface area contributed by atoms with Gasteiger partial charge in [0.2, 0.25) is 0 Å². The maximum absolute atomic E-state index is 15.0. The lowest BCUT2D eigenvalue weighted by atomic mass is 9.80. The van der Waals surface area contributed by atoms with E-state index in [2.05, 4.69) is 28.7 Å². The van der Waals surface area contributed by atoms with Crippen LogP contribution >= 0.6 is 0 Å². The standard InChI is InChI=1S/C31H28F6O/c1-2-3-4-5-20-6-8-21(9-7-20)10-11-22-12-14-25(27(32)16-22)23-13-15-26-24(17-23)18-28(33)30(29(26)34)38-19-31(35,36)37/h2-3,12-18,20-21H,4-9,19H2,1H3/b3-2+. The second-order valence-electron chi connectivity index (χ2n) is 9.67. The van der Waals surface area contributed by atoms with E-state index in [0.29, 0.717) is 17.0 Å². The zero-order valence-electron chi connectivity index (χ0n) is 21.0. The highest BCUT2D eigenvalue weighted by Gasteiger charge is 2.30. The molecule has 0 radical (unpaired) electrons. The van der Waals surface area contributed by atoms with Crippen LogP contribution in [0.25, 0.3) is 21.9 Å². The first-order valence-corrected chi connectivity index (χ1v) is 12.7. The lowest BCUT2D eigenvalue weighted by Crippen LogP contribution is -2.20. The molecule has 0 heterocycles. The third kappa shape index (κ3) is 6.92. The van der Waals surface area contributed by atoms with Crippen LogP contribution in [0.5, 0.6) is 5.75 Å². The quantitative estimate of drug-likeness (QED) is 0.175. The molecule has 0 unspecified atom stereocenters. The third-order valence-electron chi connectivity index (χ3n) is 6.89. The van der Waals surface area contributed by atoms with Gasteiger partial charge in [0.05, 0.1) is 0 Å². The summed E-state index contributed by atoms with van der Waals surface area (Å²) in [6.45, 7) is 0.216. The average molecular weight is 531 g/mol.